The molecule has 0 spiro atoms. The van der Waals surface area contributed by atoms with E-state index in [1.165, 1.54) is 5.56 Å². The standard InChI is InChI=1S/C15H22N2O2/c1-16-15-12-5-3-4-6-14(12)19-10-13(15)17(2)11-7-8-18-9-11/h3-6,11,13,15-16H,7-10H2,1-2H3. The van der Waals surface area contributed by atoms with Gasteiger partial charge in [-0.1, -0.05) is 18.2 Å². The van der Waals surface area contributed by atoms with E-state index in [9.17, 15) is 0 Å². The molecule has 1 saturated heterocycles. The molecule has 3 atom stereocenters. The summed E-state index contributed by atoms with van der Waals surface area (Å²) in [5.74, 6) is 1.01. The third-order valence-electron chi connectivity index (χ3n) is 4.36. The van der Waals surface area contributed by atoms with E-state index < -0.39 is 0 Å². The molecule has 4 nitrogen and oxygen atoms in total. The number of hydrogen-bond acceptors (Lipinski definition) is 4. The zero-order valence-electron chi connectivity index (χ0n) is 11.6. The third kappa shape index (κ3) is 2.36. The Labute approximate surface area is 114 Å². The molecule has 19 heavy (non-hydrogen) atoms. The molecule has 2 heterocycles. The second kappa shape index (κ2) is 5.49. The highest BCUT2D eigenvalue weighted by atomic mass is 16.5. The SMILES string of the molecule is CNC1c2ccccc2OCC1N(C)C1CCOC1. The topological polar surface area (TPSA) is 33.7 Å². The van der Waals surface area contributed by atoms with Crippen LogP contribution in [0, 0.1) is 0 Å². The molecule has 2 aliphatic heterocycles. The Hall–Kier alpha value is -1.10. The molecular weight excluding hydrogens is 240 g/mol. The molecule has 1 fully saturated rings. The van der Waals surface area contributed by atoms with E-state index >= 15 is 0 Å². The summed E-state index contributed by atoms with van der Waals surface area (Å²) in [4.78, 5) is 2.42. The summed E-state index contributed by atoms with van der Waals surface area (Å²) in [6.45, 7) is 2.45. The van der Waals surface area contributed by atoms with E-state index in [1.54, 1.807) is 0 Å². The van der Waals surface area contributed by atoms with Gasteiger partial charge in [0, 0.05) is 18.2 Å². The first-order valence-corrected chi connectivity index (χ1v) is 7.00. The molecule has 3 unspecified atom stereocenters. The second-order valence-electron chi connectivity index (χ2n) is 5.37. The number of fused-ring (bicyclic) bond motifs is 1. The minimum atomic E-state index is 0.315. The van der Waals surface area contributed by atoms with Gasteiger partial charge in [-0.2, -0.15) is 0 Å². The summed E-state index contributed by atoms with van der Waals surface area (Å²) in [6.07, 6.45) is 1.12. The highest BCUT2D eigenvalue weighted by molar-refractivity contribution is 5.38. The Kier molecular flexibility index (Phi) is 3.73. The molecular formula is C15H22N2O2. The van der Waals surface area contributed by atoms with Gasteiger partial charge < -0.3 is 14.8 Å². The van der Waals surface area contributed by atoms with Crippen molar-refractivity contribution in [3.05, 3.63) is 29.8 Å². The Morgan fingerprint density at radius 1 is 1.26 bits per heavy atom. The van der Waals surface area contributed by atoms with Crippen LogP contribution in [0.3, 0.4) is 0 Å². The number of hydrogen-bond donors (Lipinski definition) is 1. The van der Waals surface area contributed by atoms with Gasteiger partial charge in [0.05, 0.1) is 18.7 Å². The maximum Gasteiger partial charge on any atom is 0.124 e. The van der Waals surface area contributed by atoms with E-state index in [-0.39, 0.29) is 0 Å². The zero-order valence-corrected chi connectivity index (χ0v) is 11.6. The van der Waals surface area contributed by atoms with Crippen LogP contribution in [0.1, 0.15) is 18.0 Å². The fraction of sp³-hybridized carbons (Fsp3) is 0.600. The molecule has 1 N–H and O–H groups in total. The minimum absolute atomic E-state index is 0.315. The molecule has 0 aliphatic carbocycles. The first kappa shape index (κ1) is 12.9. The van der Waals surface area contributed by atoms with Gasteiger partial charge in [0.25, 0.3) is 0 Å². The van der Waals surface area contributed by atoms with Crippen molar-refractivity contribution in [2.45, 2.75) is 24.5 Å². The maximum absolute atomic E-state index is 5.93. The quantitative estimate of drug-likeness (QED) is 0.893. The Bertz CT molecular complexity index is 432. The van der Waals surface area contributed by atoms with E-state index in [0.29, 0.717) is 18.1 Å². The number of para-hydroxylation sites is 1. The van der Waals surface area contributed by atoms with Crippen LogP contribution in [0.2, 0.25) is 0 Å². The van der Waals surface area contributed by atoms with E-state index in [4.69, 9.17) is 9.47 Å². The van der Waals surface area contributed by atoms with Gasteiger partial charge >= 0.3 is 0 Å². The number of benzene rings is 1. The van der Waals surface area contributed by atoms with Crippen molar-refractivity contribution in [2.75, 3.05) is 33.9 Å². The highest BCUT2D eigenvalue weighted by Gasteiger charge is 2.36. The van der Waals surface area contributed by atoms with Crippen LogP contribution in [-0.4, -0.2) is 50.9 Å². The molecule has 1 aromatic rings. The van der Waals surface area contributed by atoms with Gasteiger partial charge in [-0.15, -0.1) is 0 Å². The van der Waals surface area contributed by atoms with Gasteiger partial charge in [-0.05, 0) is 26.6 Å². The second-order valence-corrected chi connectivity index (χ2v) is 5.37. The first-order chi connectivity index (χ1) is 9.31. The summed E-state index contributed by atoms with van der Waals surface area (Å²) < 4.78 is 11.4. The lowest BCUT2D eigenvalue weighted by molar-refractivity contribution is 0.0680. The number of rotatable bonds is 3. The van der Waals surface area contributed by atoms with Crippen molar-refractivity contribution < 1.29 is 9.47 Å². The number of nitrogens with one attached hydrogen (secondary N) is 1. The summed E-state index contributed by atoms with van der Waals surface area (Å²) in [5.41, 5.74) is 1.26. The zero-order chi connectivity index (χ0) is 13.2. The predicted octanol–water partition coefficient (Wildman–Crippen LogP) is 1.43. The normalized spacial score (nSPS) is 30.2. The van der Waals surface area contributed by atoms with Crippen LogP contribution in [0.25, 0.3) is 0 Å². The lowest BCUT2D eigenvalue weighted by Crippen LogP contribution is -2.51. The van der Waals surface area contributed by atoms with Crippen molar-refractivity contribution in [1.29, 1.82) is 0 Å². The van der Waals surface area contributed by atoms with Crippen molar-refractivity contribution in [1.82, 2.24) is 10.2 Å². The van der Waals surface area contributed by atoms with Crippen molar-refractivity contribution in [2.24, 2.45) is 0 Å². The molecule has 1 aromatic carbocycles. The van der Waals surface area contributed by atoms with Gasteiger partial charge in [0.1, 0.15) is 12.4 Å². The molecule has 0 saturated carbocycles. The Morgan fingerprint density at radius 2 is 2.11 bits per heavy atom. The molecule has 0 amide bonds. The maximum atomic E-state index is 5.93. The molecule has 0 radical (unpaired) electrons. The van der Waals surface area contributed by atoms with Crippen molar-refractivity contribution in [3.8, 4) is 5.75 Å². The smallest absolute Gasteiger partial charge is 0.124 e. The minimum Gasteiger partial charge on any atom is -0.492 e. The third-order valence-corrected chi connectivity index (χ3v) is 4.36. The van der Waals surface area contributed by atoms with Crippen LogP contribution in [0.4, 0.5) is 0 Å². The Balaban J connectivity index is 1.83. The summed E-state index contributed by atoms with van der Waals surface area (Å²) in [6, 6.07) is 9.49. The van der Waals surface area contributed by atoms with Crippen LogP contribution in [-0.2, 0) is 4.74 Å². The summed E-state index contributed by atoms with van der Waals surface area (Å²) in [5, 5.41) is 3.45. The lowest BCUT2D eigenvalue weighted by atomic mass is 9.94. The number of likely N-dealkylation sites (N-methyl/N-ethyl adjacent to an activating group) is 2. The molecule has 4 heteroatoms. The molecule has 104 valence electrons. The molecule has 2 aliphatic rings. The van der Waals surface area contributed by atoms with Crippen LogP contribution >= 0.6 is 0 Å². The Morgan fingerprint density at radius 3 is 2.84 bits per heavy atom. The average Bonchev–Trinajstić information content (AvgIpc) is 2.99. The summed E-state index contributed by atoms with van der Waals surface area (Å²) in [7, 11) is 4.21. The predicted molar refractivity (Wildman–Crippen MR) is 74.5 cm³/mol. The molecule has 3 rings (SSSR count). The van der Waals surface area contributed by atoms with E-state index in [1.807, 2.05) is 13.1 Å². The van der Waals surface area contributed by atoms with Crippen molar-refractivity contribution in [3.63, 3.8) is 0 Å². The summed E-state index contributed by atoms with van der Waals surface area (Å²) >= 11 is 0. The van der Waals surface area contributed by atoms with Gasteiger partial charge in [0.2, 0.25) is 0 Å². The highest BCUT2D eigenvalue weighted by Crippen LogP contribution is 2.34. The van der Waals surface area contributed by atoms with E-state index in [2.05, 4.69) is 35.5 Å². The number of nitrogens with zero attached hydrogens (tertiary/aromatic N) is 1. The molecule has 0 bridgehead atoms. The fourth-order valence-electron chi connectivity index (χ4n) is 3.16. The van der Waals surface area contributed by atoms with Crippen molar-refractivity contribution >= 4 is 0 Å². The lowest BCUT2D eigenvalue weighted by Gasteiger charge is -2.41. The van der Waals surface area contributed by atoms with E-state index in [0.717, 1.165) is 32.0 Å². The van der Waals surface area contributed by atoms with Gasteiger partial charge in [-0.25, -0.2) is 0 Å². The van der Waals surface area contributed by atoms with Gasteiger partial charge in [-0.3, -0.25) is 4.90 Å². The van der Waals surface area contributed by atoms with Crippen LogP contribution in [0.5, 0.6) is 5.75 Å². The molecule has 0 aromatic heterocycles. The van der Waals surface area contributed by atoms with Crippen LogP contribution < -0.4 is 10.1 Å². The van der Waals surface area contributed by atoms with Crippen LogP contribution in [0.15, 0.2) is 24.3 Å². The largest absolute Gasteiger partial charge is 0.492 e. The average molecular weight is 262 g/mol. The van der Waals surface area contributed by atoms with Gasteiger partial charge in [0.15, 0.2) is 0 Å². The fourth-order valence-corrected chi connectivity index (χ4v) is 3.16. The first-order valence-electron chi connectivity index (χ1n) is 7.00. The number of ether oxygens (including phenoxy) is 2. The monoisotopic (exact) mass is 262 g/mol.